The normalized spacial score (nSPS) is 12.1. The monoisotopic (exact) mass is 370 g/mol. The molecule has 2 aromatic heterocycles. The number of aromatic nitrogens is 3. The first-order chi connectivity index (χ1) is 12.6. The second kappa shape index (κ2) is 8.71. The Hall–Kier alpha value is -2.54. The van der Waals surface area contributed by atoms with Crippen molar-refractivity contribution in [1.29, 1.82) is 0 Å². The molecule has 6 nitrogen and oxygen atoms in total. The van der Waals surface area contributed by atoms with E-state index < -0.39 is 0 Å². The number of nitrogens with one attached hydrogen (secondary N) is 1. The van der Waals surface area contributed by atoms with E-state index in [1.807, 2.05) is 42.8 Å². The van der Waals surface area contributed by atoms with Gasteiger partial charge in [0.25, 0.3) is 0 Å². The summed E-state index contributed by atoms with van der Waals surface area (Å²) in [5, 5.41) is 12.0. The number of aryl methyl sites for hydroxylation is 1. The average molecular weight is 370 g/mol. The summed E-state index contributed by atoms with van der Waals surface area (Å²) in [5.74, 6) is 1.61. The van der Waals surface area contributed by atoms with Gasteiger partial charge in [-0.25, -0.2) is 0 Å². The molecule has 0 saturated heterocycles. The van der Waals surface area contributed by atoms with Crippen LogP contribution in [0, 0.1) is 0 Å². The number of furan rings is 1. The van der Waals surface area contributed by atoms with Crippen molar-refractivity contribution >= 4 is 17.7 Å². The number of thioether (sulfide) groups is 1. The van der Waals surface area contributed by atoms with Gasteiger partial charge in [0.2, 0.25) is 5.91 Å². The zero-order chi connectivity index (χ0) is 18.4. The van der Waals surface area contributed by atoms with Gasteiger partial charge in [0.05, 0.1) is 12.0 Å². The van der Waals surface area contributed by atoms with Gasteiger partial charge in [-0.1, -0.05) is 42.1 Å². The van der Waals surface area contributed by atoms with Gasteiger partial charge in [0.1, 0.15) is 0 Å². The molecule has 0 bridgehead atoms. The van der Waals surface area contributed by atoms with Crippen molar-refractivity contribution in [2.45, 2.75) is 31.0 Å². The highest BCUT2D eigenvalue weighted by molar-refractivity contribution is 7.99. The SMILES string of the molecule is CC(CCc1ccccc1)NC(=O)CSc1nnc(-c2ccco2)n1C. The van der Waals surface area contributed by atoms with Crippen LogP contribution in [0.15, 0.2) is 58.3 Å². The van der Waals surface area contributed by atoms with E-state index in [0.717, 1.165) is 12.8 Å². The molecule has 1 unspecified atom stereocenters. The second-order valence-electron chi connectivity index (χ2n) is 6.12. The predicted molar refractivity (Wildman–Crippen MR) is 102 cm³/mol. The molecule has 3 rings (SSSR count). The molecule has 1 atom stereocenters. The summed E-state index contributed by atoms with van der Waals surface area (Å²) in [6, 6.07) is 14.1. The van der Waals surface area contributed by atoms with Gasteiger partial charge in [0.15, 0.2) is 16.7 Å². The highest BCUT2D eigenvalue weighted by atomic mass is 32.2. The first-order valence-corrected chi connectivity index (χ1v) is 9.51. The lowest BCUT2D eigenvalue weighted by molar-refractivity contribution is -0.119. The van der Waals surface area contributed by atoms with Gasteiger partial charge in [-0.3, -0.25) is 4.79 Å². The van der Waals surface area contributed by atoms with Crippen LogP contribution < -0.4 is 5.32 Å². The Morgan fingerprint density at radius 3 is 2.77 bits per heavy atom. The maximum Gasteiger partial charge on any atom is 0.230 e. The maximum absolute atomic E-state index is 12.2. The fourth-order valence-electron chi connectivity index (χ4n) is 2.61. The lowest BCUT2D eigenvalue weighted by Crippen LogP contribution is -2.34. The fourth-order valence-corrected chi connectivity index (χ4v) is 3.33. The highest BCUT2D eigenvalue weighted by Crippen LogP contribution is 2.22. The van der Waals surface area contributed by atoms with Crippen molar-refractivity contribution in [2.75, 3.05) is 5.75 Å². The molecule has 136 valence electrons. The Morgan fingerprint density at radius 2 is 2.04 bits per heavy atom. The summed E-state index contributed by atoms with van der Waals surface area (Å²) in [4.78, 5) is 12.2. The third-order valence-corrected chi connectivity index (χ3v) is 5.05. The maximum atomic E-state index is 12.2. The van der Waals surface area contributed by atoms with Crippen molar-refractivity contribution in [3.05, 3.63) is 54.3 Å². The van der Waals surface area contributed by atoms with E-state index in [1.165, 1.54) is 17.3 Å². The minimum absolute atomic E-state index is 0.00175. The van der Waals surface area contributed by atoms with E-state index in [-0.39, 0.29) is 11.9 Å². The molecule has 1 N–H and O–H groups in total. The number of hydrogen-bond acceptors (Lipinski definition) is 5. The van der Waals surface area contributed by atoms with Crippen molar-refractivity contribution in [1.82, 2.24) is 20.1 Å². The number of hydrogen-bond donors (Lipinski definition) is 1. The van der Waals surface area contributed by atoms with Crippen LogP contribution in [0.25, 0.3) is 11.6 Å². The van der Waals surface area contributed by atoms with Crippen LogP contribution in [-0.4, -0.2) is 32.5 Å². The highest BCUT2D eigenvalue weighted by Gasteiger charge is 2.15. The lowest BCUT2D eigenvalue weighted by atomic mass is 10.1. The lowest BCUT2D eigenvalue weighted by Gasteiger charge is -2.13. The Kier molecular flexibility index (Phi) is 6.12. The molecule has 26 heavy (non-hydrogen) atoms. The van der Waals surface area contributed by atoms with Crippen LogP contribution in [0.3, 0.4) is 0 Å². The molecule has 0 radical (unpaired) electrons. The summed E-state index contributed by atoms with van der Waals surface area (Å²) in [6.07, 6.45) is 3.46. The zero-order valence-corrected chi connectivity index (χ0v) is 15.7. The summed E-state index contributed by atoms with van der Waals surface area (Å²) in [7, 11) is 1.86. The Bertz CT molecular complexity index is 831. The third-order valence-electron chi connectivity index (χ3n) is 4.03. The number of benzene rings is 1. The fraction of sp³-hybridized carbons (Fsp3) is 0.316. The molecule has 0 saturated carbocycles. The van der Waals surface area contributed by atoms with E-state index in [2.05, 4.69) is 27.6 Å². The van der Waals surface area contributed by atoms with Crippen molar-refractivity contribution in [3.8, 4) is 11.6 Å². The largest absolute Gasteiger partial charge is 0.461 e. The third kappa shape index (κ3) is 4.76. The quantitative estimate of drug-likeness (QED) is 0.616. The summed E-state index contributed by atoms with van der Waals surface area (Å²) in [5.41, 5.74) is 1.28. The number of carbonyl (C=O) groups excluding carboxylic acids is 1. The van der Waals surface area contributed by atoms with Gasteiger partial charge in [0, 0.05) is 13.1 Å². The molecule has 0 aliphatic rings. The molecule has 3 aromatic rings. The molecule has 0 fully saturated rings. The molecule has 1 amide bonds. The molecule has 0 aliphatic carbocycles. The van der Waals surface area contributed by atoms with E-state index in [0.29, 0.717) is 22.5 Å². The van der Waals surface area contributed by atoms with Crippen molar-refractivity contribution in [2.24, 2.45) is 7.05 Å². The summed E-state index contributed by atoms with van der Waals surface area (Å²) < 4.78 is 7.17. The zero-order valence-electron chi connectivity index (χ0n) is 14.9. The van der Waals surface area contributed by atoms with Gasteiger partial charge >= 0.3 is 0 Å². The van der Waals surface area contributed by atoms with Crippen LogP contribution in [0.2, 0.25) is 0 Å². The number of carbonyl (C=O) groups is 1. The van der Waals surface area contributed by atoms with Gasteiger partial charge in [-0.05, 0) is 37.5 Å². The predicted octanol–water partition coefficient (Wildman–Crippen LogP) is 3.30. The summed E-state index contributed by atoms with van der Waals surface area (Å²) in [6.45, 7) is 2.03. The molecule has 0 aliphatic heterocycles. The smallest absolute Gasteiger partial charge is 0.230 e. The van der Waals surface area contributed by atoms with E-state index in [9.17, 15) is 4.79 Å². The topological polar surface area (TPSA) is 73.0 Å². The molecule has 1 aromatic carbocycles. The molecule has 2 heterocycles. The van der Waals surface area contributed by atoms with Gasteiger partial charge < -0.3 is 14.3 Å². The second-order valence-corrected chi connectivity index (χ2v) is 7.07. The molecule has 0 spiro atoms. The first-order valence-electron chi connectivity index (χ1n) is 8.53. The average Bonchev–Trinajstić information content (AvgIpc) is 3.29. The van der Waals surface area contributed by atoms with Gasteiger partial charge in [-0.2, -0.15) is 0 Å². The van der Waals surface area contributed by atoms with Crippen LogP contribution in [0.1, 0.15) is 18.9 Å². The van der Waals surface area contributed by atoms with Crippen LogP contribution in [0.5, 0.6) is 0 Å². The van der Waals surface area contributed by atoms with Crippen LogP contribution in [0.4, 0.5) is 0 Å². The summed E-state index contributed by atoms with van der Waals surface area (Å²) >= 11 is 1.37. The Balaban J connectivity index is 1.45. The number of rotatable bonds is 8. The van der Waals surface area contributed by atoms with E-state index in [1.54, 1.807) is 12.3 Å². The first kappa shape index (κ1) is 18.3. The minimum atomic E-state index is -0.00175. The molecular weight excluding hydrogens is 348 g/mol. The number of amides is 1. The van der Waals surface area contributed by atoms with Crippen LogP contribution in [-0.2, 0) is 18.3 Å². The minimum Gasteiger partial charge on any atom is -0.461 e. The number of nitrogens with zero attached hydrogens (tertiary/aromatic N) is 3. The molecular formula is C19H22N4O2S. The Morgan fingerprint density at radius 1 is 1.23 bits per heavy atom. The van der Waals surface area contributed by atoms with Crippen molar-refractivity contribution in [3.63, 3.8) is 0 Å². The van der Waals surface area contributed by atoms with E-state index in [4.69, 9.17) is 4.42 Å². The van der Waals surface area contributed by atoms with Crippen molar-refractivity contribution < 1.29 is 9.21 Å². The van der Waals surface area contributed by atoms with E-state index >= 15 is 0 Å². The Labute approximate surface area is 157 Å². The molecule has 7 heteroatoms. The van der Waals surface area contributed by atoms with Gasteiger partial charge in [-0.15, -0.1) is 10.2 Å². The van der Waals surface area contributed by atoms with Crippen LogP contribution >= 0.6 is 11.8 Å². The standard InChI is InChI=1S/C19H22N4O2S/c1-14(10-11-15-7-4-3-5-8-15)20-17(24)13-26-19-22-21-18(23(19)2)16-9-6-12-25-16/h3-9,12,14H,10-11,13H2,1-2H3,(H,20,24).